The standard InChI is InChI=1S/C15H22N4O2S2/c1-10(19-23(20)15(2,3)4)14-17-13(18-22-14)11-6-7-16-12(8-11)9-21-5/h6-8,10,19H,9H2,1-5H3/t10?,23-/m1/s1. The maximum Gasteiger partial charge on any atom is 0.173 e. The summed E-state index contributed by atoms with van der Waals surface area (Å²) in [7, 11) is 1.64. The molecule has 2 aromatic heterocycles. The van der Waals surface area contributed by atoms with E-state index in [0.717, 1.165) is 16.3 Å². The van der Waals surface area contributed by atoms with Gasteiger partial charge in [0.25, 0.3) is 0 Å². The van der Waals surface area contributed by atoms with Gasteiger partial charge in [0.05, 0.1) is 12.3 Å². The first-order valence-electron chi connectivity index (χ1n) is 7.27. The highest BCUT2D eigenvalue weighted by molar-refractivity contribution is 7.90. The van der Waals surface area contributed by atoms with E-state index in [2.05, 4.69) is 19.1 Å². The quantitative estimate of drug-likeness (QED) is 0.803. The topological polar surface area (TPSA) is 83.0 Å². The molecule has 1 N–H and O–H groups in total. The molecular weight excluding hydrogens is 332 g/mol. The van der Waals surface area contributed by atoms with Crippen molar-refractivity contribution >= 4 is 22.9 Å². The second kappa shape index (κ2) is 7.67. The van der Waals surface area contributed by atoms with Gasteiger partial charge < -0.3 is 9.29 Å². The van der Waals surface area contributed by atoms with E-state index in [-0.39, 0.29) is 10.8 Å². The second-order valence-corrected chi connectivity index (χ2v) is 8.93. The van der Waals surface area contributed by atoms with E-state index in [1.54, 1.807) is 13.3 Å². The predicted molar refractivity (Wildman–Crippen MR) is 93.3 cm³/mol. The molecule has 6 nitrogen and oxygen atoms in total. The lowest BCUT2D eigenvalue weighted by molar-refractivity contribution is 0.181. The van der Waals surface area contributed by atoms with Gasteiger partial charge in [0.1, 0.15) is 15.8 Å². The van der Waals surface area contributed by atoms with Crippen molar-refractivity contribution in [3.8, 4) is 11.4 Å². The van der Waals surface area contributed by atoms with Crippen LogP contribution in [0.1, 0.15) is 44.4 Å². The van der Waals surface area contributed by atoms with Crippen LogP contribution in [0.25, 0.3) is 11.4 Å². The minimum Gasteiger partial charge on any atom is -0.598 e. The van der Waals surface area contributed by atoms with Crippen molar-refractivity contribution in [3.05, 3.63) is 29.0 Å². The number of pyridine rings is 1. The Hall–Kier alpha value is -1.06. The van der Waals surface area contributed by atoms with Crippen LogP contribution in [0.3, 0.4) is 0 Å². The first-order chi connectivity index (χ1) is 10.8. The zero-order chi connectivity index (χ0) is 17.0. The number of hydrogen-bond donors (Lipinski definition) is 1. The molecule has 0 aliphatic rings. The fraction of sp³-hybridized carbons (Fsp3) is 0.533. The molecule has 0 saturated heterocycles. The van der Waals surface area contributed by atoms with Crippen LogP contribution >= 0.6 is 11.5 Å². The summed E-state index contributed by atoms with van der Waals surface area (Å²) in [5.41, 5.74) is 1.74. The van der Waals surface area contributed by atoms with Crippen LogP contribution in [-0.2, 0) is 22.7 Å². The summed E-state index contributed by atoms with van der Waals surface area (Å²) < 4.78 is 24.4. The van der Waals surface area contributed by atoms with Crippen molar-refractivity contribution in [2.75, 3.05) is 7.11 Å². The molecule has 0 saturated carbocycles. The van der Waals surface area contributed by atoms with Crippen LogP contribution in [0.5, 0.6) is 0 Å². The van der Waals surface area contributed by atoms with E-state index < -0.39 is 11.4 Å². The third kappa shape index (κ3) is 4.95. The van der Waals surface area contributed by atoms with Crippen LogP contribution in [0.15, 0.2) is 18.3 Å². The van der Waals surface area contributed by atoms with Gasteiger partial charge in [0, 0.05) is 30.2 Å². The summed E-state index contributed by atoms with van der Waals surface area (Å²) in [6.07, 6.45) is 1.72. The van der Waals surface area contributed by atoms with Crippen molar-refractivity contribution in [1.82, 2.24) is 19.1 Å². The van der Waals surface area contributed by atoms with Crippen molar-refractivity contribution in [2.45, 2.75) is 45.1 Å². The van der Waals surface area contributed by atoms with E-state index >= 15 is 0 Å². The molecule has 0 amide bonds. The molecule has 126 valence electrons. The lowest BCUT2D eigenvalue weighted by Crippen LogP contribution is -2.40. The molecule has 23 heavy (non-hydrogen) atoms. The maximum absolute atomic E-state index is 12.2. The number of methoxy groups -OCH3 is 1. The van der Waals surface area contributed by atoms with E-state index in [0.29, 0.717) is 12.4 Å². The Labute approximate surface area is 144 Å². The van der Waals surface area contributed by atoms with Gasteiger partial charge in [-0.1, -0.05) is 0 Å². The highest BCUT2D eigenvalue weighted by Crippen LogP contribution is 2.24. The van der Waals surface area contributed by atoms with E-state index in [9.17, 15) is 4.55 Å². The van der Waals surface area contributed by atoms with Gasteiger partial charge in [-0.05, 0) is 51.4 Å². The summed E-state index contributed by atoms with van der Waals surface area (Å²) in [4.78, 5) is 8.79. The molecule has 2 heterocycles. The number of nitrogens with zero attached hydrogens (tertiary/aromatic N) is 3. The molecule has 8 heteroatoms. The summed E-state index contributed by atoms with van der Waals surface area (Å²) in [6, 6.07) is 3.67. The molecule has 0 aliphatic heterocycles. The number of aromatic nitrogens is 3. The van der Waals surface area contributed by atoms with Crippen molar-refractivity contribution in [1.29, 1.82) is 0 Å². The molecule has 2 atom stereocenters. The number of nitrogens with one attached hydrogen (secondary N) is 1. The number of ether oxygens (including phenoxy) is 1. The molecule has 2 aromatic rings. The van der Waals surface area contributed by atoms with Crippen molar-refractivity contribution in [2.24, 2.45) is 0 Å². The summed E-state index contributed by atoms with van der Waals surface area (Å²) in [6.45, 7) is 8.19. The number of rotatable bonds is 6. The number of hydrogen-bond acceptors (Lipinski definition) is 7. The summed E-state index contributed by atoms with van der Waals surface area (Å²) >= 11 is 0.167. The molecule has 0 aliphatic carbocycles. The molecular formula is C15H22N4O2S2. The Morgan fingerprint density at radius 3 is 2.83 bits per heavy atom. The van der Waals surface area contributed by atoms with E-state index in [1.807, 2.05) is 39.8 Å². The van der Waals surface area contributed by atoms with Gasteiger partial charge in [-0.25, -0.2) is 4.98 Å². The maximum atomic E-state index is 12.2. The molecule has 0 aromatic carbocycles. The Kier molecular flexibility index (Phi) is 6.10. The lowest BCUT2D eigenvalue weighted by Gasteiger charge is -2.25. The smallest absolute Gasteiger partial charge is 0.173 e. The Balaban J connectivity index is 2.12. The van der Waals surface area contributed by atoms with Gasteiger partial charge in [-0.2, -0.15) is 4.37 Å². The molecule has 0 spiro atoms. The first kappa shape index (κ1) is 18.3. The monoisotopic (exact) mass is 354 g/mol. The fourth-order valence-electron chi connectivity index (χ4n) is 1.76. The average Bonchev–Trinajstić information content (AvgIpc) is 2.97. The fourth-order valence-corrected chi connectivity index (χ4v) is 3.29. The van der Waals surface area contributed by atoms with Crippen molar-refractivity contribution < 1.29 is 9.29 Å². The first-order valence-corrected chi connectivity index (χ1v) is 9.19. The van der Waals surface area contributed by atoms with Crippen LogP contribution in [-0.4, -0.2) is 30.8 Å². The molecule has 2 rings (SSSR count). The SMILES string of the molecule is COCc1cc(-c2nsc(C(C)N[S@+]([O-])C(C)(C)C)n2)ccn1. The van der Waals surface area contributed by atoms with E-state index in [4.69, 9.17) is 4.74 Å². The van der Waals surface area contributed by atoms with Crippen LogP contribution in [0.4, 0.5) is 0 Å². The Morgan fingerprint density at radius 2 is 2.17 bits per heavy atom. The lowest BCUT2D eigenvalue weighted by atomic mass is 10.2. The second-order valence-electron chi connectivity index (χ2n) is 6.15. The predicted octanol–water partition coefficient (Wildman–Crippen LogP) is 2.86. The third-order valence-corrected chi connectivity index (χ3v) is 5.60. The van der Waals surface area contributed by atoms with Gasteiger partial charge in [0.2, 0.25) is 0 Å². The zero-order valence-corrected chi connectivity index (χ0v) is 15.6. The van der Waals surface area contributed by atoms with Crippen LogP contribution in [0.2, 0.25) is 0 Å². The molecule has 0 bridgehead atoms. The zero-order valence-electron chi connectivity index (χ0n) is 14.0. The van der Waals surface area contributed by atoms with Crippen LogP contribution in [0, 0.1) is 0 Å². The van der Waals surface area contributed by atoms with Crippen LogP contribution < -0.4 is 4.72 Å². The molecule has 0 fully saturated rings. The summed E-state index contributed by atoms with van der Waals surface area (Å²) in [5, 5.41) is 0.808. The minimum atomic E-state index is -1.15. The van der Waals surface area contributed by atoms with Gasteiger partial charge in [-0.15, -0.1) is 4.72 Å². The highest BCUT2D eigenvalue weighted by Gasteiger charge is 2.29. The average molecular weight is 355 g/mol. The highest BCUT2D eigenvalue weighted by atomic mass is 32.2. The van der Waals surface area contributed by atoms with Gasteiger partial charge >= 0.3 is 0 Å². The largest absolute Gasteiger partial charge is 0.598 e. The third-order valence-electron chi connectivity index (χ3n) is 3.02. The van der Waals surface area contributed by atoms with Gasteiger partial charge in [0.15, 0.2) is 5.82 Å². The van der Waals surface area contributed by atoms with Gasteiger partial charge in [-0.3, -0.25) is 4.98 Å². The van der Waals surface area contributed by atoms with Crippen molar-refractivity contribution in [3.63, 3.8) is 0 Å². The normalized spacial score (nSPS) is 14.7. The molecule has 1 unspecified atom stereocenters. The molecule has 0 radical (unpaired) electrons. The van der Waals surface area contributed by atoms with E-state index in [1.165, 1.54) is 11.5 Å². The minimum absolute atomic E-state index is 0.124. The Bertz CT molecular complexity index is 642. The Morgan fingerprint density at radius 1 is 1.43 bits per heavy atom. The summed E-state index contributed by atoms with van der Waals surface area (Å²) in [5.74, 6) is 0.653.